The number of nitrogens with zero attached hydrogens (tertiary/aromatic N) is 2. The van der Waals surface area contributed by atoms with Gasteiger partial charge in [-0.15, -0.1) is 0 Å². The molecule has 0 radical (unpaired) electrons. The zero-order chi connectivity index (χ0) is 14.4. The molecular formula is C16H24N2O2. The Balaban J connectivity index is 2.01. The van der Waals surface area contributed by atoms with Crippen molar-refractivity contribution in [3.63, 3.8) is 0 Å². The van der Waals surface area contributed by atoms with Crippen molar-refractivity contribution >= 4 is 5.91 Å². The number of aliphatic hydroxyl groups is 1. The molecule has 1 unspecified atom stereocenters. The second-order valence-electron chi connectivity index (χ2n) is 5.39. The van der Waals surface area contributed by atoms with Crippen LogP contribution in [0.1, 0.15) is 25.3 Å². The maximum absolute atomic E-state index is 12.5. The van der Waals surface area contributed by atoms with Gasteiger partial charge in [-0.2, -0.15) is 0 Å². The number of rotatable bonds is 6. The largest absolute Gasteiger partial charge is 0.395 e. The summed E-state index contributed by atoms with van der Waals surface area (Å²) < 4.78 is 0. The van der Waals surface area contributed by atoms with Crippen molar-refractivity contribution in [2.24, 2.45) is 0 Å². The quantitative estimate of drug-likeness (QED) is 0.856. The highest BCUT2D eigenvalue weighted by molar-refractivity contribution is 5.81. The third-order valence-corrected chi connectivity index (χ3v) is 3.94. The van der Waals surface area contributed by atoms with Crippen molar-refractivity contribution in [2.75, 3.05) is 26.2 Å². The number of benzene rings is 1. The number of aliphatic hydroxyl groups excluding tert-OH is 1. The topological polar surface area (TPSA) is 43.8 Å². The second kappa shape index (κ2) is 7.41. The lowest BCUT2D eigenvalue weighted by Crippen LogP contribution is -2.46. The normalized spacial score (nSPS) is 16.6. The van der Waals surface area contributed by atoms with Gasteiger partial charge in [0.25, 0.3) is 0 Å². The molecule has 110 valence electrons. The summed E-state index contributed by atoms with van der Waals surface area (Å²) in [6.45, 7) is 4.99. The van der Waals surface area contributed by atoms with Gasteiger partial charge in [0.1, 0.15) is 0 Å². The van der Waals surface area contributed by atoms with E-state index in [1.165, 1.54) is 5.56 Å². The molecule has 1 aliphatic rings. The van der Waals surface area contributed by atoms with Crippen LogP contribution in [0.4, 0.5) is 0 Å². The fourth-order valence-electron chi connectivity index (χ4n) is 2.71. The SMILES string of the molecule is CC(C(=O)N1CCCC1)N(CCO)Cc1ccccc1. The number of carbonyl (C=O) groups is 1. The summed E-state index contributed by atoms with van der Waals surface area (Å²) in [6.07, 6.45) is 2.22. The Morgan fingerprint density at radius 3 is 2.55 bits per heavy atom. The number of hydrogen-bond acceptors (Lipinski definition) is 3. The lowest BCUT2D eigenvalue weighted by Gasteiger charge is -2.30. The molecular weight excluding hydrogens is 252 g/mol. The molecule has 1 aliphatic heterocycles. The summed E-state index contributed by atoms with van der Waals surface area (Å²) in [5.41, 5.74) is 1.17. The van der Waals surface area contributed by atoms with Crippen molar-refractivity contribution in [1.82, 2.24) is 9.80 Å². The number of amides is 1. The maximum Gasteiger partial charge on any atom is 0.239 e. The Morgan fingerprint density at radius 2 is 1.95 bits per heavy atom. The first-order valence-electron chi connectivity index (χ1n) is 7.40. The highest BCUT2D eigenvalue weighted by atomic mass is 16.3. The minimum atomic E-state index is -0.180. The van der Waals surface area contributed by atoms with E-state index in [0.29, 0.717) is 13.1 Å². The molecule has 0 bridgehead atoms. The third-order valence-electron chi connectivity index (χ3n) is 3.94. The maximum atomic E-state index is 12.5. The molecule has 1 N–H and O–H groups in total. The predicted molar refractivity (Wildman–Crippen MR) is 79.2 cm³/mol. The van der Waals surface area contributed by atoms with E-state index < -0.39 is 0 Å². The van der Waals surface area contributed by atoms with Crippen LogP contribution in [-0.2, 0) is 11.3 Å². The van der Waals surface area contributed by atoms with Crippen molar-refractivity contribution in [2.45, 2.75) is 32.4 Å². The molecule has 4 nitrogen and oxygen atoms in total. The van der Waals surface area contributed by atoms with Crippen LogP contribution < -0.4 is 0 Å². The Hall–Kier alpha value is -1.39. The van der Waals surface area contributed by atoms with Crippen LogP contribution in [-0.4, -0.2) is 53.1 Å². The summed E-state index contributed by atoms with van der Waals surface area (Å²) in [7, 11) is 0. The molecule has 1 atom stereocenters. The smallest absolute Gasteiger partial charge is 0.239 e. The monoisotopic (exact) mass is 276 g/mol. The lowest BCUT2D eigenvalue weighted by molar-refractivity contribution is -0.135. The van der Waals surface area contributed by atoms with E-state index in [9.17, 15) is 9.90 Å². The molecule has 0 saturated carbocycles. The van der Waals surface area contributed by atoms with Crippen LogP contribution in [0.3, 0.4) is 0 Å². The standard InChI is InChI=1S/C16H24N2O2/c1-14(16(20)17-9-5-6-10-17)18(11-12-19)13-15-7-3-2-4-8-15/h2-4,7-8,14,19H,5-6,9-13H2,1H3. The highest BCUT2D eigenvalue weighted by Gasteiger charge is 2.27. The van der Waals surface area contributed by atoms with Crippen molar-refractivity contribution in [3.05, 3.63) is 35.9 Å². The van der Waals surface area contributed by atoms with Gasteiger partial charge in [-0.25, -0.2) is 0 Å². The first-order valence-corrected chi connectivity index (χ1v) is 7.40. The van der Waals surface area contributed by atoms with E-state index in [1.807, 2.05) is 30.0 Å². The van der Waals surface area contributed by atoms with Gasteiger partial charge in [0, 0.05) is 26.2 Å². The Kier molecular flexibility index (Phi) is 5.56. The zero-order valence-electron chi connectivity index (χ0n) is 12.2. The number of carbonyl (C=O) groups excluding carboxylic acids is 1. The van der Waals surface area contributed by atoms with Gasteiger partial charge in [0.15, 0.2) is 0 Å². The van der Waals surface area contributed by atoms with Crippen LogP contribution in [0.2, 0.25) is 0 Å². The molecule has 0 spiro atoms. The van der Waals surface area contributed by atoms with Crippen molar-refractivity contribution in [1.29, 1.82) is 0 Å². The van der Waals surface area contributed by atoms with E-state index in [-0.39, 0.29) is 18.6 Å². The molecule has 1 aromatic rings. The molecule has 1 heterocycles. The number of likely N-dealkylation sites (tertiary alicyclic amines) is 1. The predicted octanol–water partition coefficient (Wildman–Crippen LogP) is 1.49. The second-order valence-corrected chi connectivity index (χ2v) is 5.39. The van der Waals surface area contributed by atoms with Gasteiger partial charge in [0.2, 0.25) is 5.91 Å². The van der Waals surface area contributed by atoms with Crippen LogP contribution in [0, 0.1) is 0 Å². The van der Waals surface area contributed by atoms with Gasteiger partial charge < -0.3 is 10.0 Å². The van der Waals surface area contributed by atoms with Gasteiger partial charge in [-0.1, -0.05) is 30.3 Å². The summed E-state index contributed by atoms with van der Waals surface area (Å²) in [6, 6.07) is 9.91. The van der Waals surface area contributed by atoms with Gasteiger partial charge in [-0.3, -0.25) is 9.69 Å². The molecule has 0 aromatic heterocycles. The number of hydrogen-bond donors (Lipinski definition) is 1. The van der Waals surface area contributed by atoms with Crippen LogP contribution in [0.5, 0.6) is 0 Å². The van der Waals surface area contributed by atoms with Crippen LogP contribution in [0.25, 0.3) is 0 Å². The van der Waals surface area contributed by atoms with Crippen molar-refractivity contribution in [3.8, 4) is 0 Å². The van der Waals surface area contributed by atoms with Gasteiger partial charge in [0.05, 0.1) is 12.6 Å². The molecule has 20 heavy (non-hydrogen) atoms. The van der Waals surface area contributed by atoms with E-state index in [1.54, 1.807) is 0 Å². The van der Waals surface area contributed by atoms with Gasteiger partial charge >= 0.3 is 0 Å². The molecule has 1 aromatic carbocycles. The van der Waals surface area contributed by atoms with Crippen LogP contribution >= 0.6 is 0 Å². The Morgan fingerprint density at radius 1 is 1.30 bits per heavy atom. The molecule has 2 rings (SSSR count). The average Bonchev–Trinajstić information content (AvgIpc) is 3.00. The fraction of sp³-hybridized carbons (Fsp3) is 0.562. The van der Waals surface area contributed by atoms with E-state index in [0.717, 1.165) is 25.9 Å². The van der Waals surface area contributed by atoms with E-state index in [4.69, 9.17) is 0 Å². The summed E-state index contributed by atoms with van der Waals surface area (Å²) >= 11 is 0. The molecule has 1 fully saturated rings. The van der Waals surface area contributed by atoms with Crippen molar-refractivity contribution < 1.29 is 9.90 Å². The minimum absolute atomic E-state index is 0.0739. The molecule has 4 heteroatoms. The molecule has 1 saturated heterocycles. The Bertz CT molecular complexity index is 416. The molecule has 0 aliphatic carbocycles. The van der Waals surface area contributed by atoms with E-state index in [2.05, 4.69) is 17.0 Å². The Labute approximate surface area is 121 Å². The zero-order valence-corrected chi connectivity index (χ0v) is 12.2. The summed E-state index contributed by atoms with van der Waals surface area (Å²) in [5, 5.41) is 9.24. The van der Waals surface area contributed by atoms with Crippen LogP contribution in [0.15, 0.2) is 30.3 Å². The third kappa shape index (κ3) is 3.81. The summed E-state index contributed by atoms with van der Waals surface area (Å²) in [4.78, 5) is 16.5. The average molecular weight is 276 g/mol. The fourth-order valence-corrected chi connectivity index (χ4v) is 2.71. The first kappa shape index (κ1) is 15.0. The minimum Gasteiger partial charge on any atom is -0.395 e. The lowest BCUT2D eigenvalue weighted by atomic mass is 10.1. The summed E-state index contributed by atoms with van der Waals surface area (Å²) in [5.74, 6) is 0.187. The first-order chi connectivity index (χ1) is 9.72. The molecule has 1 amide bonds. The van der Waals surface area contributed by atoms with Gasteiger partial charge in [-0.05, 0) is 25.3 Å². The highest BCUT2D eigenvalue weighted by Crippen LogP contribution is 2.14. The van der Waals surface area contributed by atoms with E-state index >= 15 is 0 Å².